The van der Waals surface area contributed by atoms with Crippen LogP contribution in [-0.2, 0) is 4.74 Å². The van der Waals surface area contributed by atoms with Crippen molar-refractivity contribution >= 4 is 23.6 Å². The molecular formula is C18H26ClFN2O3. The molecule has 0 aliphatic heterocycles. The van der Waals surface area contributed by atoms with E-state index in [2.05, 4.69) is 10.6 Å². The zero-order chi connectivity index (χ0) is 19.2. The Morgan fingerprint density at radius 2 is 1.92 bits per heavy atom. The van der Waals surface area contributed by atoms with Crippen LogP contribution in [0.4, 0.5) is 9.18 Å². The van der Waals surface area contributed by atoms with E-state index < -0.39 is 23.4 Å². The Balaban J connectivity index is 2.72. The maximum Gasteiger partial charge on any atom is 0.407 e. The number of nitrogens with one attached hydrogen (secondary N) is 2. The molecule has 0 fully saturated rings. The van der Waals surface area contributed by atoms with Gasteiger partial charge in [0.1, 0.15) is 11.4 Å². The molecule has 1 aromatic rings. The number of carbonyl (C=O) groups excluding carboxylic acids is 2. The number of alkyl carbamates (subject to hydrolysis) is 1. The fourth-order valence-electron chi connectivity index (χ4n) is 2.26. The Bertz CT molecular complexity index is 595. The minimum Gasteiger partial charge on any atom is -0.444 e. The van der Waals surface area contributed by atoms with Crippen LogP contribution in [0, 0.1) is 11.7 Å². The van der Waals surface area contributed by atoms with E-state index >= 15 is 0 Å². The SMILES string of the molecule is CC(C)C[C@@H](CNC(=O)c1c(F)cccc1Cl)NC(=O)OC(C)(C)C. The molecule has 25 heavy (non-hydrogen) atoms. The van der Waals surface area contributed by atoms with E-state index in [1.54, 1.807) is 20.8 Å². The van der Waals surface area contributed by atoms with Gasteiger partial charge in [-0.05, 0) is 45.2 Å². The van der Waals surface area contributed by atoms with Gasteiger partial charge in [0.2, 0.25) is 0 Å². The standard InChI is InChI=1S/C18H26ClFN2O3/c1-11(2)9-12(22-17(24)25-18(3,4)5)10-21-16(23)15-13(19)7-6-8-14(15)20/h6-8,11-12H,9-10H2,1-5H3,(H,21,23)(H,22,24)/t12-/m0/s1. The fraction of sp³-hybridized carbons (Fsp3) is 0.556. The summed E-state index contributed by atoms with van der Waals surface area (Å²) in [6.07, 6.45) is 0.0705. The van der Waals surface area contributed by atoms with Crippen molar-refractivity contribution in [1.29, 1.82) is 0 Å². The predicted octanol–water partition coefficient (Wildman–Crippen LogP) is 4.15. The molecule has 0 aromatic heterocycles. The van der Waals surface area contributed by atoms with Gasteiger partial charge in [-0.3, -0.25) is 4.79 Å². The molecule has 0 bridgehead atoms. The van der Waals surface area contributed by atoms with Crippen LogP contribution in [0.5, 0.6) is 0 Å². The zero-order valence-electron chi connectivity index (χ0n) is 15.3. The minimum absolute atomic E-state index is 0.0398. The Morgan fingerprint density at radius 3 is 2.44 bits per heavy atom. The van der Waals surface area contributed by atoms with E-state index in [0.29, 0.717) is 6.42 Å². The second-order valence-electron chi connectivity index (χ2n) is 7.28. The molecule has 2 amide bonds. The molecule has 0 unspecified atom stereocenters. The van der Waals surface area contributed by atoms with Gasteiger partial charge in [0.05, 0.1) is 10.6 Å². The van der Waals surface area contributed by atoms with Crippen LogP contribution in [0.2, 0.25) is 5.02 Å². The summed E-state index contributed by atoms with van der Waals surface area (Å²) in [6.45, 7) is 9.45. The maximum atomic E-state index is 13.8. The molecule has 0 saturated carbocycles. The summed E-state index contributed by atoms with van der Waals surface area (Å²) in [5.41, 5.74) is -0.819. The van der Waals surface area contributed by atoms with Crippen LogP contribution in [0.1, 0.15) is 51.4 Å². The Morgan fingerprint density at radius 1 is 1.28 bits per heavy atom. The summed E-state index contributed by atoms with van der Waals surface area (Å²) in [7, 11) is 0. The van der Waals surface area contributed by atoms with E-state index in [0.717, 1.165) is 0 Å². The van der Waals surface area contributed by atoms with Gasteiger partial charge in [-0.15, -0.1) is 0 Å². The number of ether oxygens (including phenoxy) is 1. The van der Waals surface area contributed by atoms with Crippen LogP contribution >= 0.6 is 11.6 Å². The summed E-state index contributed by atoms with van der Waals surface area (Å²) < 4.78 is 19.0. The highest BCUT2D eigenvalue weighted by molar-refractivity contribution is 6.33. The zero-order valence-corrected chi connectivity index (χ0v) is 16.0. The summed E-state index contributed by atoms with van der Waals surface area (Å²) in [4.78, 5) is 24.2. The molecule has 0 spiro atoms. The van der Waals surface area contributed by atoms with Gasteiger partial charge in [-0.2, -0.15) is 0 Å². The van der Waals surface area contributed by atoms with Gasteiger partial charge >= 0.3 is 6.09 Å². The highest BCUT2D eigenvalue weighted by Crippen LogP contribution is 2.18. The third kappa shape index (κ3) is 7.73. The number of rotatable bonds is 6. The molecular weight excluding hydrogens is 347 g/mol. The molecule has 0 saturated heterocycles. The quantitative estimate of drug-likeness (QED) is 0.788. The topological polar surface area (TPSA) is 67.4 Å². The minimum atomic E-state index is -0.689. The lowest BCUT2D eigenvalue weighted by molar-refractivity contribution is 0.0496. The molecule has 5 nitrogen and oxygen atoms in total. The van der Waals surface area contributed by atoms with Gasteiger partial charge in [0.15, 0.2) is 0 Å². The lowest BCUT2D eigenvalue weighted by Crippen LogP contribution is -2.46. The van der Waals surface area contributed by atoms with E-state index in [9.17, 15) is 14.0 Å². The average Bonchev–Trinajstić information content (AvgIpc) is 2.41. The van der Waals surface area contributed by atoms with Crippen LogP contribution in [0.15, 0.2) is 18.2 Å². The van der Waals surface area contributed by atoms with Crippen molar-refractivity contribution in [2.75, 3.05) is 6.54 Å². The summed E-state index contributed by atoms with van der Waals surface area (Å²) in [6, 6.07) is 3.71. The molecule has 140 valence electrons. The van der Waals surface area contributed by atoms with Gasteiger partial charge in [-0.1, -0.05) is 31.5 Å². The van der Waals surface area contributed by atoms with Crippen LogP contribution in [-0.4, -0.2) is 30.2 Å². The van der Waals surface area contributed by atoms with Crippen molar-refractivity contribution in [2.45, 2.75) is 52.7 Å². The van der Waals surface area contributed by atoms with Crippen molar-refractivity contribution in [3.8, 4) is 0 Å². The van der Waals surface area contributed by atoms with Gasteiger partial charge in [-0.25, -0.2) is 9.18 Å². The van der Waals surface area contributed by atoms with Crippen molar-refractivity contribution in [1.82, 2.24) is 10.6 Å². The monoisotopic (exact) mass is 372 g/mol. The summed E-state index contributed by atoms with van der Waals surface area (Å²) >= 11 is 5.89. The molecule has 0 aliphatic carbocycles. The number of hydrogen-bond acceptors (Lipinski definition) is 3. The van der Waals surface area contributed by atoms with Crippen molar-refractivity contribution in [3.05, 3.63) is 34.6 Å². The van der Waals surface area contributed by atoms with Gasteiger partial charge in [0, 0.05) is 12.6 Å². The molecule has 2 N–H and O–H groups in total. The first-order valence-corrected chi connectivity index (χ1v) is 8.59. The van der Waals surface area contributed by atoms with Gasteiger partial charge < -0.3 is 15.4 Å². The molecule has 0 radical (unpaired) electrons. The van der Waals surface area contributed by atoms with Gasteiger partial charge in [0.25, 0.3) is 5.91 Å². The van der Waals surface area contributed by atoms with E-state index in [-0.39, 0.29) is 29.1 Å². The van der Waals surface area contributed by atoms with E-state index in [1.165, 1.54) is 18.2 Å². The molecule has 7 heteroatoms. The number of halogens is 2. The number of hydrogen-bond donors (Lipinski definition) is 2. The lowest BCUT2D eigenvalue weighted by atomic mass is 10.0. The largest absolute Gasteiger partial charge is 0.444 e. The van der Waals surface area contributed by atoms with E-state index in [4.69, 9.17) is 16.3 Å². The summed E-state index contributed by atoms with van der Waals surface area (Å²) in [5.74, 6) is -1.03. The third-order valence-corrected chi connectivity index (χ3v) is 3.49. The van der Waals surface area contributed by atoms with Crippen LogP contribution < -0.4 is 10.6 Å². The number of benzene rings is 1. The summed E-state index contributed by atoms with van der Waals surface area (Å²) in [5, 5.41) is 5.40. The molecule has 0 heterocycles. The second kappa shape index (κ2) is 9.04. The second-order valence-corrected chi connectivity index (χ2v) is 7.69. The first kappa shape index (κ1) is 21.2. The fourth-order valence-corrected chi connectivity index (χ4v) is 2.50. The molecule has 1 aromatic carbocycles. The highest BCUT2D eigenvalue weighted by Gasteiger charge is 2.22. The normalized spacial score (nSPS) is 12.6. The Hall–Kier alpha value is -1.82. The third-order valence-electron chi connectivity index (χ3n) is 3.18. The lowest BCUT2D eigenvalue weighted by Gasteiger charge is -2.25. The van der Waals surface area contributed by atoms with Crippen molar-refractivity contribution in [3.63, 3.8) is 0 Å². The predicted molar refractivity (Wildman–Crippen MR) is 96.4 cm³/mol. The molecule has 0 aliphatic rings. The Labute approximate surface area is 153 Å². The number of amides is 2. The van der Waals surface area contributed by atoms with Crippen molar-refractivity contribution < 1.29 is 18.7 Å². The average molecular weight is 373 g/mol. The molecule has 1 atom stereocenters. The van der Waals surface area contributed by atoms with E-state index in [1.807, 2.05) is 13.8 Å². The first-order chi connectivity index (χ1) is 11.5. The smallest absolute Gasteiger partial charge is 0.407 e. The molecule has 1 rings (SSSR count). The number of carbonyl (C=O) groups is 2. The first-order valence-electron chi connectivity index (χ1n) is 8.21. The van der Waals surface area contributed by atoms with Crippen LogP contribution in [0.3, 0.4) is 0 Å². The van der Waals surface area contributed by atoms with Crippen molar-refractivity contribution in [2.24, 2.45) is 5.92 Å². The highest BCUT2D eigenvalue weighted by atomic mass is 35.5. The maximum absolute atomic E-state index is 13.8. The van der Waals surface area contributed by atoms with Crippen LogP contribution in [0.25, 0.3) is 0 Å². The Kier molecular flexibility index (Phi) is 7.67.